The van der Waals surface area contributed by atoms with Crippen molar-refractivity contribution in [3.05, 3.63) is 24.0 Å². The van der Waals surface area contributed by atoms with Gasteiger partial charge in [0.2, 0.25) is 0 Å². The van der Waals surface area contributed by atoms with Crippen LogP contribution in [0, 0.1) is 6.92 Å². The summed E-state index contributed by atoms with van der Waals surface area (Å²) in [7, 11) is 0. The molecule has 0 bridgehead atoms. The van der Waals surface area contributed by atoms with Gasteiger partial charge in [-0.05, 0) is 44.4 Å². The molecule has 0 spiro atoms. The summed E-state index contributed by atoms with van der Waals surface area (Å²) in [6, 6.07) is 4.15. The average Bonchev–Trinajstić information content (AvgIpc) is 2.76. The zero-order chi connectivity index (χ0) is 12.8. The Labute approximate surface area is 106 Å². The highest BCUT2D eigenvalue weighted by molar-refractivity contribution is 5.53. The van der Waals surface area contributed by atoms with Gasteiger partial charge in [-0.15, -0.1) is 0 Å². The number of aliphatic hydroxyl groups is 1. The van der Waals surface area contributed by atoms with Crippen LogP contribution in [0.2, 0.25) is 0 Å². The van der Waals surface area contributed by atoms with Crippen molar-refractivity contribution in [2.75, 3.05) is 18.0 Å². The smallest absolute Gasteiger partial charge is 0.157 e. The van der Waals surface area contributed by atoms with E-state index in [0.29, 0.717) is 0 Å². The van der Waals surface area contributed by atoms with Crippen LogP contribution in [0.15, 0.2) is 18.5 Å². The number of piperidine rings is 1. The van der Waals surface area contributed by atoms with Crippen LogP contribution in [0.1, 0.15) is 25.3 Å². The molecule has 1 N–H and O–H groups in total. The second-order valence-corrected chi connectivity index (χ2v) is 5.40. The summed E-state index contributed by atoms with van der Waals surface area (Å²) in [5.74, 6) is 1.07. The summed E-state index contributed by atoms with van der Waals surface area (Å²) < 4.78 is 1.87. The molecule has 0 aliphatic carbocycles. The SMILES string of the molecule is Cc1cc(N2CCC(C)(O)CC2)n2ncnc2c1. The van der Waals surface area contributed by atoms with Crippen molar-refractivity contribution in [3.8, 4) is 0 Å². The van der Waals surface area contributed by atoms with Crippen LogP contribution in [-0.4, -0.2) is 38.4 Å². The molecule has 0 saturated carbocycles. The molecule has 5 heteroatoms. The number of aryl methyl sites for hydroxylation is 1. The van der Waals surface area contributed by atoms with Crippen LogP contribution in [0.3, 0.4) is 0 Å². The number of hydrogen-bond donors (Lipinski definition) is 1. The topological polar surface area (TPSA) is 53.7 Å². The Hall–Kier alpha value is -1.62. The third-order valence-electron chi connectivity index (χ3n) is 3.67. The fourth-order valence-corrected chi connectivity index (χ4v) is 2.48. The Kier molecular flexibility index (Phi) is 2.52. The van der Waals surface area contributed by atoms with Crippen LogP contribution in [0.25, 0.3) is 5.65 Å². The lowest BCUT2D eigenvalue weighted by Crippen LogP contribution is -2.43. The number of pyridine rings is 1. The molecule has 0 aromatic carbocycles. The molecule has 18 heavy (non-hydrogen) atoms. The van der Waals surface area contributed by atoms with Gasteiger partial charge in [0.05, 0.1) is 5.60 Å². The van der Waals surface area contributed by atoms with E-state index in [-0.39, 0.29) is 0 Å². The van der Waals surface area contributed by atoms with E-state index >= 15 is 0 Å². The summed E-state index contributed by atoms with van der Waals surface area (Å²) in [6.45, 7) is 5.68. The van der Waals surface area contributed by atoms with Gasteiger partial charge < -0.3 is 10.0 Å². The van der Waals surface area contributed by atoms with Crippen molar-refractivity contribution in [1.29, 1.82) is 0 Å². The second kappa shape index (κ2) is 3.95. The first-order valence-corrected chi connectivity index (χ1v) is 6.33. The predicted molar refractivity (Wildman–Crippen MR) is 69.8 cm³/mol. The lowest BCUT2D eigenvalue weighted by molar-refractivity contribution is 0.0349. The van der Waals surface area contributed by atoms with Gasteiger partial charge in [0, 0.05) is 13.1 Å². The lowest BCUT2D eigenvalue weighted by Gasteiger charge is -2.37. The molecule has 0 unspecified atom stereocenters. The molecule has 1 aliphatic heterocycles. The number of rotatable bonds is 1. The molecular weight excluding hydrogens is 228 g/mol. The quantitative estimate of drug-likeness (QED) is 0.826. The number of fused-ring (bicyclic) bond motifs is 1. The first-order valence-electron chi connectivity index (χ1n) is 6.33. The van der Waals surface area contributed by atoms with Crippen molar-refractivity contribution >= 4 is 11.5 Å². The van der Waals surface area contributed by atoms with Gasteiger partial charge in [-0.3, -0.25) is 0 Å². The zero-order valence-electron chi connectivity index (χ0n) is 10.8. The molecule has 2 aromatic heterocycles. The van der Waals surface area contributed by atoms with Crippen LogP contribution in [0.4, 0.5) is 5.82 Å². The van der Waals surface area contributed by atoms with E-state index in [1.54, 1.807) is 6.33 Å². The van der Waals surface area contributed by atoms with E-state index in [9.17, 15) is 5.11 Å². The number of nitrogens with zero attached hydrogens (tertiary/aromatic N) is 4. The molecule has 3 heterocycles. The third kappa shape index (κ3) is 1.95. The molecule has 0 radical (unpaired) electrons. The standard InChI is InChI=1S/C13H18N4O/c1-10-7-11-14-9-15-17(11)12(8-10)16-5-3-13(2,18)4-6-16/h7-9,18H,3-6H2,1-2H3. The lowest BCUT2D eigenvalue weighted by atomic mass is 9.94. The van der Waals surface area contributed by atoms with Crippen molar-refractivity contribution in [2.24, 2.45) is 0 Å². The maximum absolute atomic E-state index is 10.0. The monoisotopic (exact) mass is 246 g/mol. The van der Waals surface area contributed by atoms with Crippen molar-refractivity contribution < 1.29 is 5.11 Å². The molecular formula is C13H18N4O. The maximum Gasteiger partial charge on any atom is 0.157 e. The van der Waals surface area contributed by atoms with Gasteiger partial charge in [0.15, 0.2) is 5.65 Å². The molecule has 5 nitrogen and oxygen atoms in total. The fraction of sp³-hybridized carbons (Fsp3) is 0.538. The summed E-state index contributed by atoms with van der Waals surface area (Å²) >= 11 is 0. The molecule has 3 rings (SSSR count). The Balaban J connectivity index is 1.97. The van der Waals surface area contributed by atoms with Gasteiger partial charge in [-0.1, -0.05) is 0 Å². The summed E-state index contributed by atoms with van der Waals surface area (Å²) in [4.78, 5) is 6.51. The molecule has 1 fully saturated rings. The van der Waals surface area contributed by atoms with Crippen molar-refractivity contribution in [2.45, 2.75) is 32.3 Å². The molecule has 1 saturated heterocycles. The molecule has 2 aromatic rings. The van der Waals surface area contributed by atoms with E-state index in [4.69, 9.17) is 0 Å². The van der Waals surface area contributed by atoms with Crippen LogP contribution < -0.4 is 4.90 Å². The number of aromatic nitrogens is 3. The Morgan fingerprint density at radius 3 is 2.72 bits per heavy atom. The molecule has 0 atom stereocenters. The van der Waals surface area contributed by atoms with E-state index < -0.39 is 5.60 Å². The Bertz CT molecular complexity index is 565. The minimum Gasteiger partial charge on any atom is -0.390 e. The highest BCUT2D eigenvalue weighted by atomic mass is 16.3. The van der Waals surface area contributed by atoms with Crippen LogP contribution in [-0.2, 0) is 0 Å². The Morgan fingerprint density at radius 2 is 2.00 bits per heavy atom. The summed E-state index contributed by atoms with van der Waals surface area (Å²) in [5.41, 5.74) is 1.53. The van der Waals surface area contributed by atoms with Crippen molar-refractivity contribution in [1.82, 2.24) is 14.6 Å². The van der Waals surface area contributed by atoms with E-state index in [1.165, 1.54) is 5.56 Å². The normalized spacial score (nSPS) is 19.4. The highest BCUT2D eigenvalue weighted by Gasteiger charge is 2.28. The summed E-state index contributed by atoms with van der Waals surface area (Å²) in [5, 5.41) is 14.3. The van der Waals surface area contributed by atoms with Crippen LogP contribution >= 0.6 is 0 Å². The number of anilines is 1. The minimum atomic E-state index is -0.526. The van der Waals surface area contributed by atoms with Gasteiger partial charge in [-0.2, -0.15) is 9.61 Å². The zero-order valence-corrected chi connectivity index (χ0v) is 10.8. The van der Waals surface area contributed by atoms with E-state index in [1.807, 2.05) is 17.5 Å². The highest BCUT2D eigenvalue weighted by Crippen LogP contribution is 2.26. The number of hydrogen-bond acceptors (Lipinski definition) is 4. The summed E-state index contributed by atoms with van der Waals surface area (Å²) in [6.07, 6.45) is 3.16. The van der Waals surface area contributed by atoms with Gasteiger partial charge in [0.1, 0.15) is 12.1 Å². The first-order chi connectivity index (χ1) is 8.55. The van der Waals surface area contributed by atoms with E-state index in [0.717, 1.165) is 37.4 Å². The maximum atomic E-state index is 10.0. The second-order valence-electron chi connectivity index (χ2n) is 5.40. The van der Waals surface area contributed by atoms with Crippen molar-refractivity contribution in [3.63, 3.8) is 0 Å². The fourth-order valence-electron chi connectivity index (χ4n) is 2.48. The predicted octanol–water partition coefficient (Wildman–Crippen LogP) is 1.39. The van der Waals surface area contributed by atoms with E-state index in [2.05, 4.69) is 28.0 Å². The molecule has 0 amide bonds. The molecule has 1 aliphatic rings. The van der Waals surface area contributed by atoms with Gasteiger partial charge in [0.25, 0.3) is 0 Å². The van der Waals surface area contributed by atoms with Crippen LogP contribution in [0.5, 0.6) is 0 Å². The van der Waals surface area contributed by atoms with Gasteiger partial charge >= 0.3 is 0 Å². The first kappa shape index (κ1) is 11.5. The Morgan fingerprint density at radius 1 is 1.28 bits per heavy atom. The largest absolute Gasteiger partial charge is 0.390 e. The molecule has 96 valence electrons. The average molecular weight is 246 g/mol. The van der Waals surface area contributed by atoms with Gasteiger partial charge in [-0.25, -0.2) is 4.98 Å². The minimum absolute atomic E-state index is 0.526. The third-order valence-corrected chi connectivity index (χ3v) is 3.67.